The smallest absolute Gasteiger partial charge is 0.223 e. The monoisotopic (exact) mass is 580 g/mol. The number of hydrogen-bond acceptors (Lipinski definition) is 6. The zero-order valence-corrected chi connectivity index (χ0v) is 25.2. The molecule has 43 heavy (non-hydrogen) atoms. The molecule has 1 amide bonds. The molecule has 224 valence electrons. The highest BCUT2D eigenvalue weighted by molar-refractivity contribution is 6.07. The molecule has 0 atom stereocenters. The first-order chi connectivity index (χ1) is 21.0. The molecule has 3 aromatic heterocycles. The van der Waals surface area contributed by atoms with Crippen molar-refractivity contribution >= 4 is 28.3 Å². The summed E-state index contributed by atoms with van der Waals surface area (Å²) in [5.74, 6) is 2.04. The number of pyridine rings is 3. The van der Waals surface area contributed by atoms with E-state index in [1.54, 1.807) is 6.20 Å². The molecular formula is C35H41FN6O. The number of fused-ring (bicyclic) bond motifs is 1. The Morgan fingerprint density at radius 3 is 2.47 bits per heavy atom. The summed E-state index contributed by atoms with van der Waals surface area (Å²) in [7, 11) is 0. The third-order valence-corrected chi connectivity index (χ3v) is 8.76. The summed E-state index contributed by atoms with van der Waals surface area (Å²) >= 11 is 0. The predicted octanol–water partition coefficient (Wildman–Crippen LogP) is 7.23. The minimum Gasteiger partial charge on any atom is -0.367 e. The first kappa shape index (κ1) is 29.0. The number of halogens is 1. The summed E-state index contributed by atoms with van der Waals surface area (Å²) < 4.78 is 14.0. The average Bonchev–Trinajstić information content (AvgIpc) is 3.04. The van der Waals surface area contributed by atoms with Crippen molar-refractivity contribution in [1.82, 2.24) is 20.3 Å². The Kier molecular flexibility index (Phi) is 8.82. The van der Waals surface area contributed by atoms with Crippen LogP contribution < -0.4 is 15.5 Å². The Hall–Kier alpha value is -4.07. The third-order valence-electron chi connectivity index (χ3n) is 8.76. The highest BCUT2D eigenvalue weighted by Gasteiger charge is 2.28. The van der Waals surface area contributed by atoms with Crippen molar-refractivity contribution in [2.45, 2.75) is 64.8 Å². The van der Waals surface area contributed by atoms with Gasteiger partial charge in [-0.15, -0.1) is 0 Å². The van der Waals surface area contributed by atoms with Gasteiger partial charge in [-0.25, -0.2) is 14.4 Å². The molecule has 0 radical (unpaired) electrons. The Morgan fingerprint density at radius 1 is 0.953 bits per heavy atom. The number of rotatable bonds is 8. The summed E-state index contributed by atoms with van der Waals surface area (Å²) in [6.07, 6.45) is 13.2. The second-order valence-electron chi connectivity index (χ2n) is 12.4. The number of hydrogen-bond donors (Lipinski definition) is 2. The van der Waals surface area contributed by atoms with Crippen LogP contribution >= 0.6 is 0 Å². The largest absolute Gasteiger partial charge is 0.367 e. The van der Waals surface area contributed by atoms with Crippen molar-refractivity contribution in [3.8, 4) is 22.4 Å². The van der Waals surface area contributed by atoms with Gasteiger partial charge in [-0.1, -0.05) is 45.2 Å². The SMILES string of the molecule is CC(C)CNC(=O)C1CCN(c2nc(-c3ccnc(NC4CCCCC4)c3)c(-c3ccc(F)cc3)c3cnccc23)CC1. The molecule has 1 aliphatic carbocycles. The maximum absolute atomic E-state index is 14.0. The second kappa shape index (κ2) is 13.1. The van der Waals surface area contributed by atoms with Gasteiger partial charge < -0.3 is 15.5 Å². The summed E-state index contributed by atoms with van der Waals surface area (Å²) in [6.45, 7) is 6.41. The fraction of sp³-hybridized carbons (Fsp3) is 0.429. The molecule has 1 aromatic carbocycles. The summed E-state index contributed by atoms with van der Waals surface area (Å²) in [4.78, 5) is 29.6. The Bertz CT molecular complexity index is 1560. The van der Waals surface area contributed by atoms with Gasteiger partial charge in [-0.3, -0.25) is 9.78 Å². The van der Waals surface area contributed by atoms with E-state index in [2.05, 4.69) is 45.4 Å². The highest BCUT2D eigenvalue weighted by atomic mass is 19.1. The number of carbonyl (C=O) groups excluding carboxylic acids is 1. The van der Waals surface area contributed by atoms with Crippen LogP contribution in [0.3, 0.4) is 0 Å². The number of anilines is 2. The van der Waals surface area contributed by atoms with E-state index in [-0.39, 0.29) is 17.6 Å². The number of nitrogens with one attached hydrogen (secondary N) is 2. The summed E-state index contributed by atoms with van der Waals surface area (Å²) in [6, 6.07) is 13.1. The average molecular weight is 581 g/mol. The van der Waals surface area contributed by atoms with Crippen molar-refractivity contribution in [3.63, 3.8) is 0 Å². The van der Waals surface area contributed by atoms with Crippen molar-refractivity contribution in [2.24, 2.45) is 11.8 Å². The van der Waals surface area contributed by atoms with E-state index in [9.17, 15) is 9.18 Å². The van der Waals surface area contributed by atoms with Crippen LogP contribution in [0.1, 0.15) is 58.8 Å². The molecular weight excluding hydrogens is 539 g/mol. The van der Waals surface area contributed by atoms with Gasteiger partial charge in [-0.2, -0.15) is 0 Å². The zero-order valence-electron chi connectivity index (χ0n) is 25.2. The summed E-state index contributed by atoms with van der Waals surface area (Å²) in [5.41, 5.74) is 3.56. The fourth-order valence-corrected chi connectivity index (χ4v) is 6.41. The van der Waals surface area contributed by atoms with Gasteiger partial charge in [-0.05, 0) is 67.5 Å². The first-order valence-electron chi connectivity index (χ1n) is 15.8. The Morgan fingerprint density at radius 2 is 1.72 bits per heavy atom. The lowest BCUT2D eigenvalue weighted by Crippen LogP contribution is -2.41. The van der Waals surface area contributed by atoms with Gasteiger partial charge in [0.05, 0.1) is 5.69 Å². The first-order valence-corrected chi connectivity index (χ1v) is 15.8. The second-order valence-corrected chi connectivity index (χ2v) is 12.4. The van der Waals surface area contributed by atoms with Crippen LogP contribution in [0.2, 0.25) is 0 Å². The van der Waals surface area contributed by atoms with Crippen molar-refractivity contribution in [3.05, 3.63) is 66.9 Å². The van der Waals surface area contributed by atoms with Crippen molar-refractivity contribution in [2.75, 3.05) is 29.9 Å². The Labute approximate surface area is 253 Å². The van der Waals surface area contributed by atoms with Crippen LogP contribution in [0.5, 0.6) is 0 Å². The lowest BCUT2D eigenvalue weighted by atomic mass is 9.93. The number of nitrogens with zero attached hydrogens (tertiary/aromatic N) is 4. The lowest BCUT2D eigenvalue weighted by molar-refractivity contribution is -0.125. The molecule has 1 saturated carbocycles. The molecule has 1 aliphatic heterocycles. The number of aromatic nitrogens is 3. The van der Waals surface area contributed by atoms with Crippen LogP contribution in [0.15, 0.2) is 61.1 Å². The standard InChI is InChI=1S/C35H41FN6O/c1-23(2)21-39-35(43)25-14-18-42(19-15-25)34-29-13-16-37-22-30(29)32(24-8-10-27(36)11-9-24)33(41-34)26-12-17-38-31(20-26)40-28-6-4-3-5-7-28/h8-13,16-17,20,22-23,25,28H,3-7,14-15,18-19,21H2,1-2H3,(H,38,40)(H,39,43). The molecule has 2 aliphatic rings. The van der Waals surface area contributed by atoms with E-state index in [1.165, 1.54) is 31.4 Å². The maximum atomic E-state index is 14.0. The topological polar surface area (TPSA) is 83.0 Å². The molecule has 6 rings (SSSR count). The van der Waals surface area contributed by atoms with Gasteiger partial charge in [0.15, 0.2) is 0 Å². The van der Waals surface area contributed by atoms with Crippen molar-refractivity contribution in [1.29, 1.82) is 0 Å². The normalized spacial score (nSPS) is 16.5. The van der Waals surface area contributed by atoms with E-state index in [0.29, 0.717) is 18.5 Å². The minimum absolute atomic E-state index is 0.00880. The van der Waals surface area contributed by atoms with Crippen LogP contribution in [0.25, 0.3) is 33.2 Å². The number of amides is 1. The lowest BCUT2D eigenvalue weighted by Gasteiger charge is -2.33. The van der Waals surface area contributed by atoms with Crippen LogP contribution in [-0.2, 0) is 4.79 Å². The fourth-order valence-electron chi connectivity index (χ4n) is 6.41. The van der Waals surface area contributed by atoms with E-state index >= 15 is 0 Å². The van der Waals surface area contributed by atoms with Gasteiger partial charge in [0.25, 0.3) is 0 Å². The van der Waals surface area contributed by atoms with Gasteiger partial charge in [0.1, 0.15) is 17.5 Å². The van der Waals surface area contributed by atoms with Crippen molar-refractivity contribution < 1.29 is 9.18 Å². The summed E-state index contributed by atoms with van der Waals surface area (Å²) in [5, 5.41) is 8.73. The quantitative estimate of drug-likeness (QED) is 0.229. The zero-order chi connectivity index (χ0) is 29.8. The number of carbonyl (C=O) groups is 1. The van der Waals surface area contributed by atoms with E-state index in [0.717, 1.165) is 83.6 Å². The molecule has 4 heterocycles. The Balaban J connectivity index is 1.39. The number of benzene rings is 1. The van der Waals surface area contributed by atoms with Crippen LogP contribution in [-0.4, -0.2) is 46.5 Å². The highest BCUT2D eigenvalue weighted by Crippen LogP contribution is 2.41. The predicted molar refractivity (Wildman–Crippen MR) is 171 cm³/mol. The van der Waals surface area contributed by atoms with Crippen LogP contribution in [0.4, 0.5) is 16.0 Å². The van der Waals surface area contributed by atoms with E-state index in [4.69, 9.17) is 4.98 Å². The van der Waals surface area contributed by atoms with Gasteiger partial charge >= 0.3 is 0 Å². The minimum atomic E-state index is -0.277. The van der Waals surface area contributed by atoms with E-state index < -0.39 is 0 Å². The maximum Gasteiger partial charge on any atom is 0.223 e. The molecule has 7 nitrogen and oxygen atoms in total. The van der Waals surface area contributed by atoms with Gasteiger partial charge in [0, 0.05) is 72.1 Å². The van der Waals surface area contributed by atoms with Gasteiger partial charge in [0.2, 0.25) is 5.91 Å². The molecule has 8 heteroatoms. The molecule has 0 spiro atoms. The van der Waals surface area contributed by atoms with E-state index in [1.807, 2.05) is 36.7 Å². The molecule has 0 unspecified atom stereocenters. The molecule has 2 fully saturated rings. The molecule has 2 N–H and O–H groups in total. The molecule has 1 saturated heterocycles. The molecule has 4 aromatic rings. The number of piperidine rings is 1. The third kappa shape index (κ3) is 6.63. The molecule has 0 bridgehead atoms. The van der Waals surface area contributed by atoms with Crippen LogP contribution in [0, 0.1) is 17.7 Å².